The third-order valence-corrected chi connectivity index (χ3v) is 0.401. The topological polar surface area (TPSA) is 77.8 Å². The van der Waals surface area contributed by atoms with Crippen LogP contribution in [-0.2, 0) is 4.79 Å². The summed E-state index contributed by atoms with van der Waals surface area (Å²) in [6.45, 7) is 1.19. The molecule has 4 heteroatoms. The van der Waals surface area contributed by atoms with E-state index in [2.05, 4.69) is 0 Å². The molecule has 0 aromatic heterocycles. The van der Waals surface area contributed by atoms with Gasteiger partial charge in [-0.25, -0.2) is 0 Å². The van der Waals surface area contributed by atoms with Crippen molar-refractivity contribution in [1.29, 1.82) is 0 Å². The molecule has 0 aromatic rings. The number of hydrogen-bond donors (Lipinski definition) is 3. The number of aliphatic hydroxyl groups is 2. The number of aliphatic hydroxyl groups excluding tert-OH is 2. The van der Waals surface area contributed by atoms with Crippen molar-refractivity contribution in [3.05, 3.63) is 12.3 Å². The Morgan fingerprint density at radius 1 is 1.60 bits per heavy atom. The van der Waals surface area contributed by atoms with Gasteiger partial charge in [0.1, 0.15) is 0 Å². The highest BCUT2D eigenvalue weighted by atomic mass is 16.4. The van der Waals surface area contributed by atoms with Gasteiger partial charge in [0.05, 0.1) is 6.26 Å². The largest absolute Gasteiger partial charge is 0.516 e. The number of carboxylic acid groups (broad SMARTS) is 1. The third kappa shape index (κ3) is 64.0. The Morgan fingerprint density at radius 2 is 2.00 bits per heavy atom. The minimum absolute atomic E-state index is 0.108. The van der Waals surface area contributed by atoms with Crippen molar-refractivity contribution in [1.82, 2.24) is 0 Å². The first-order valence-corrected chi connectivity index (χ1v) is 2.74. The molecule has 4 nitrogen and oxygen atoms in total. The Balaban J connectivity index is 0. The molecule has 10 heavy (non-hydrogen) atoms. The Morgan fingerprint density at radius 3 is 2.10 bits per heavy atom. The fraction of sp³-hybridized carbons (Fsp3) is 0.500. The fourth-order valence-electron chi connectivity index (χ4n) is 0.149. The summed E-state index contributed by atoms with van der Waals surface area (Å²) < 4.78 is 0. The van der Waals surface area contributed by atoms with Gasteiger partial charge < -0.3 is 15.3 Å². The van der Waals surface area contributed by atoms with Crippen molar-refractivity contribution in [2.75, 3.05) is 6.61 Å². The van der Waals surface area contributed by atoms with Gasteiger partial charge in [-0.2, -0.15) is 0 Å². The average molecular weight is 148 g/mol. The molecule has 0 unspecified atom stereocenters. The van der Waals surface area contributed by atoms with Crippen molar-refractivity contribution in [2.24, 2.45) is 0 Å². The lowest BCUT2D eigenvalue weighted by Gasteiger charge is -1.76. The first kappa shape index (κ1) is 11.7. The third-order valence-electron chi connectivity index (χ3n) is 0.401. The maximum atomic E-state index is 9.00. The summed E-state index contributed by atoms with van der Waals surface area (Å²) in [7, 11) is 0. The molecule has 0 fully saturated rings. The predicted octanol–water partition coefficient (Wildman–Crippen LogP) is 0.531. The second kappa shape index (κ2) is 10.9. The Hall–Kier alpha value is -1.03. The molecule has 0 amide bonds. The molecular formula is C6H12O4. The van der Waals surface area contributed by atoms with Gasteiger partial charge in [-0.05, 0) is 12.5 Å². The average Bonchev–Trinajstić information content (AvgIpc) is 1.82. The van der Waals surface area contributed by atoms with Crippen molar-refractivity contribution in [3.63, 3.8) is 0 Å². The van der Waals surface area contributed by atoms with Crippen molar-refractivity contribution < 1.29 is 20.1 Å². The molecule has 0 saturated carbocycles. The molecule has 0 spiro atoms. The summed E-state index contributed by atoms with van der Waals surface area (Å²) in [4.78, 5) is 9.00. The molecule has 0 aromatic carbocycles. The fourth-order valence-corrected chi connectivity index (χ4v) is 0.149. The molecule has 3 N–H and O–H groups in total. The van der Waals surface area contributed by atoms with Gasteiger partial charge in [-0.3, -0.25) is 4.79 Å². The van der Waals surface area contributed by atoms with Crippen LogP contribution in [0, 0.1) is 0 Å². The standard InChI is InChI=1S/C4H8O2.C2H4O2/c5-3-1-2-4-6;1-2(3)4/h1,3,5-6H,2,4H2;1H3,(H,3,4)/b3-1+;. The predicted molar refractivity (Wildman–Crippen MR) is 36.8 cm³/mol. The number of aliphatic carboxylic acids is 1. The van der Waals surface area contributed by atoms with E-state index in [1.807, 2.05) is 0 Å². The second-order valence-electron chi connectivity index (χ2n) is 1.42. The lowest BCUT2D eigenvalue weighted by molar-refractivity contribution is -0.134. The van der Waals surface area contributed by atoms with Crippen molar-refractivity contribution in [2.45, 2.75) is 13.3 Å². The van der Waals surface area contributed by atoms with E-state index in [1.165, 1.54) is 6.08 Å². The first-order valence-electron chi connectivity index (χ1n) is 2.74. The lowest BCUT2D eigenvalue weighted by Crippen LogP contribution is -1.78. The molecule has 0 aliphatic carbocycles. The van der Waals surface area contributed by atoms with E-state index >= 15 is 0 Å². The Labute approximate surface area is 59.4 Å². The van der Waals surface area contributed by atoms with E-state index in [-0.39, 0.29) is 6.61 Å². The maximum absolute atomic E-state index is 9.00. The molecule has 0 saturated heterocycles. The zero-order valence-electron chi connectivity index (χ0n) is 5.82. The molecule has 0 aliphatic rings. The number of carboxylic acids is 1. The summed E-state index contributed by atoms with van der Waals surface area (Å²) in [5.74, 6) is -0.833. The number of carbonyl (C=O) groups is 1. The minimum atomic E-state index is -0.833. The van der Waals surface area contributed by atoms with Crippen LogP contribution in [0.4, 0.5) is 0 Å². The Bertz CT molecular complexity index is 93.9. The van der Waals surface area contributed by atoms with Gasteiger partial charge in [0.15, 0.2) is 0 Å². The SMILES string of the molecule is CC(=O)O.O/C=C/CCO. The zero-order valence-corrected chi connectivity index (χ0v) is 5.82. The summed E-state index contributed by atoms with van der Waals surface area (Å²) in [5.41, 5.74) is 0. The summed E-state index contributed by atoms with van der Waals surface area (Å²) in [6, 6.07) is 0. The molecule has 0 bridgehead atoms. The van der Waals surface area contributed by atoms with Gasteiger partial charge in [0.25, 0.3) is 5.97 Å². The molecular weight excluding hydrogens is 136 g/mol. The van der Waals surface area contributed by atoms with Crippen LogP contribution < -0.4 is 0 Å². The summed E-state index contributed by atoms with van der Waals surface area (Å²) >= 11 is 0. The van der Waals surface area contributed by atoms with E-state index in [1.54, 1.807) is 0 Å². The molecule has 0 aliphatic heterocycles. The number of hydrogen-bond acceptors (Lipinski definition) is 3. The van der Waals surface area contributed by atoms with Crippen LogP contribution in [-0.4, -0.2) is 27.9 Å². The monoisotopic (exact) mass is 148 g/mol. The van der Waals surface area contributed by atoms with Gasteiger partial charge in [-0.15, -0.1) is 0 Å². The van der Waals surface area contributed by atoms with Crippen LogP contribution in [0.15, 0.2) is 12.3 Å². The van der Waals surface area contributed by atoms with Crippen molar-refractivity contribution >= 4 is 5.97 Å². The van der Waals surface area contributed by atoms with E-state index in [0.717, 1.165) is 13.2 Å². The molecule has 60 valence electrons. The smallest absolute Gasteiger partial charge is 0.300 e. The number of rotatable bonds is 2. The summed E-state index contributed by atoms with van der Waals surface area (Å²) in [5, 5.41) is 23.4. The highest BCUT2D eigenvalue weighted by Crippen LogP contribution is 1.74. The quantitative estimate of drug-likeness (QED) is 0.499. The van der Waals surface area contributed by atoms with Crippen molar-refractivity contribution in [3.8, 4) is 0 Å². The van der Waals surface area contributed by atoms with E-state index in [0.29, 0.717) is 6.42 Å². The van der Waals surface area contributed by atoms with Crippen LogP contribution in [0.1, 0.15) is 13.3 Å². The lowest BCUT2D eigenvalue weighted by atomic mass is 10.5. The molecule has 0 atom stereocenters. The van der Waals surface area contributed by atoms with Crippen LogP contribution in [0.5, 0.6) is 0 Å². The Kier molecular flexibility index (Phi) is 12.7. The van der Waals surface area contributed by atoms with Gasteiger partial charge >= 0.3 is 0 Å². The maximum Gasteiger partial charge on any atom is 0.300 e. The molecule has 0 radical (unpaired) electrons. The van der Waals surface area contributed by atoms with Crippen LogP contribution >= 0.6 is 0 Å². The highest BCUT2D eigenvalue weighted by Gasteiger charge is 1.67. The molecule has 0 rings (SSSR count). The highest BCUT2D eigenvalue weighted by molar-refractivity contribution is 5.62. The van der Waals surface area contributed by atoms with Crippen LogP contribution in [0.3, 0.4) is 0 Å². The normalized spacial score (nSPS) is 8.60. The second-order valence-corrected chi connectivity index (χ2v) is 1.42. The summed E-state index contributed by atoms with van der Waals surface area (Å²) in [6.07, 6.45) is 2.95. The minimum Gasteiger partial charge on any atom is -0.516 e. The van der Waals surface area contributed by atoms with Crippen LogP contribution in [0.25, 0.3) is 0 Å². The van der Waals surface area contributed by atoms with Gasteiger partial charge in [-0.1, -0.05) is 0 Å². The first-order chi connectivity index (χ1) is 4.65. The molecule has 0 heterocycles. The van der Waals surface area contributed by atoms with E-state index < -0.39 is 5.97 Å². The van der Waals surface area contributed by atoms with Gasteiger partial charge in [0, 0.05) is 13.5 Å². The van der Waals surface area contributed by atoms with Gasteiger partial charge in [0.2, 0.25) is 0 Å². The van der Waals surface area contributed by atoms with E-state index in [9.17, 15) is 0 Å². The van der Waals surface area contributed by atoms with E-state index in [4.69, 9.17) is 20.1 Å². The zero-order chi connectivity index (χ0) is 8.41. The van der Waals surface area contributed by atoms with Crippen LogP contribution in [0.2, 0.25) is 0 Å².